The van der Waals surface area contributed by atoms with Crippen LogP contribution in [0.25, 0.3) is 0 Å². The van der Waals surface area contributed by atoms with Crippen LogP contribution in [-0.2, 0) is 28.6 Å². The number of ether oxygens (including phenoxy) is 3. The average Bonchev–Trinajstić information content (AvgIpc) is 3.27. The number of rotatable bonds is 42. The summed E-state index contributed by atoms with van der Waals surface area (Å²) < 4.78 is 16.6. The first-order chi connectivity index (χ1) is 30.5. The fourth-order valence-electron chi connectivity index (χ4n) is 6.07. The Bertz CT molecular complexity index is 1350. The van der Waals surface area contributed by atoms with Gasteiger partial charge in [-0.2, -0.15) is 0 Å². The Kier molecular flexibility index (Phi) is 46.1. The van der Waals surface area contributed by atoms with Crippen molar-refractivity contribution in [1.29, 1.82) is 0 Å². The van der Waals surface area contributed by atoms with Crippen molar-refractivity contribution in [1.82, 2.24) is 0 Å². The predicted molar refractivity (Wildman–Crippen MR) is 265 cm³/mol. The number of hydrogen-bond donors (Lipinski definition) is 0. The van der Waals surface area contributed by atoms with Crippen molar-refractivity contribution in [3.05, 3.63) is 122 Å². The van der Waals surface area contributed by atoms with Crippen LogP contribution in [0.1, 0.15) is 194 Å². The van der Waals surface area contributed by atoms with Crippen molar-refractivity contribution in [3.63, 3.8) is 0 Å². The fraction of sp³-hybridized carbons (Fsp3) is 0.589. The monoisotopic (exact) mass is 857 g/mol. The zero-order valence-electron chi connectivity index (χ0n) is 39.6. The molecule has 0 fully saturated rings. The SMILES string of the molecule is CC/C=C\C/C=C\C/C=C\C/C=C\C/C=C\CCCC(=O)OCC(COC(=O)CC/C=C\C/C=C\CCCCCCCC)OC(=O)CCCCCC/C=C\C/C=C\C/C=C\CC. The third-order valence-corrected chi connectivity index (χ3v) is 9.69. The van der Waals surface area contributed by atoms with E-state index in [1.165, 1.54) is 38.5 Å². The van der Waals surface area contributed by atoms with Gasteiger partial charge in [-0.15, -0.1) is 0 Å². The Morgan fingerprint density at radius 1 is 0.339 bits per heavy atom. The summed E-state index contributed by atoms with van der Waals surface area (Å²) in [5.41, 5.74) is 0. The Balaban J connectivity index is 4.60. The third-order valence-electron chi connectivity index (χ3n) is 9.69. The third kappa shape index (κ3) is 46.9. The van der Waals surface area contributed by atoms with Gasteiger partial charge in [0.15, 0.2) is 6.10 Å². The standard InChI is InChI=1S/C56H88O6/c1-4-7-10-13-16-19-22-25-27-28-29-32-34-37-40-43-46-49-55(58)61-52-53(51-60-54(57)48-45-42-39-36-33-30-24-21-18-15-12-9-6-3)62-56(59)50-47-44-41-38-35-31-26-23-20-17-14-11-8-5-2/h7-8,10-11,16-17,19-20,25-27,29-33,37,39-40,42,53H,4-6,9,12-15,18,21-24,28,34-36,38,41,43-52H2,1-3H3/b10-7-,11-8-,19-16-,20-17-,27-25-,31-26-,32-29-,33-30-,40-37-,42-39-. The van der Waals surface area contributed by atoms with Gasteiger partial charge in [0.05, 0.1) is 0 Å². The van der Waals surface area contributed by atoms with E-state index in [2.05, 4.69) is 136 Å². The molecule has 0 radical (unpaired) electrons. The normalized spacial score (nSPS) is 13.1. The molecule has 0 aromatic heterocycles. The van der Waals surface area contributed by atoms with E-state index < -0.39 is 6.10 Å². The van der Waals surface area contributed by atoms with E-state index >= 15 is 0 Å². The molecule has 1 atom stereocenters. The first-order valence-corrected chi connectivity index (χ1v) is 24.5. The zero-order valence-corrected chi connectivity index (χ0v) is 39.6. The highest BCUT2D eigenvalue weighted by Gasteiger charge is 2.19. The van der Waals surface area contributed by atoms with Gasteiger partial charge < -0.3 is 14.2 Å². The molecule has 0 aliphatic carbocycles. The summed E-state index contributed by atoms with van der Waals surface area (Å²) in [7, 11) is 0. The molecule has 62 heavy (non-hydrogen) atoms. The molecule has 0 heterocycles. The summed E-state index contributed by atoms with van der Waals surface area (Å²) in [6.45, 7) is 6.25. The number of carbonyl (C=O) groups is 3. The van der Waals surface area contributed by atoms with E-state index in [0.717, 1.165) is 103 Å². The molecule has 6 heteroatoms. The van der Waals surface area contributed by atoms with Gasteiger partial charge in [0, 0.05) is 19.3 Å². The number of hydrogen-bond acceptors (Lipinski definition) is 6. The van der Waals surface area contributed by atoms with Crippen LogP contribution in [-0.4, -0.2) is 37.2 Å². The second kappa shape index (κ2) is 49.5. The molecule has 1 unspecified atom stereocenters. The fourth-order valence-corrected chi connectivity index (χ4v) is 6.07. The van der Waals surface area contributed by atoms with Gasteiger partial charge in [0.2, 0.25) is 0 Å². The Morgan fingerprint density at radius 3 is 1.13 bits per heavy atom. The summed E-state index contributed by atoms with van der Waals surface area (Å²) in [6, 6.07) is 0. The van der Waals surface area contributed by atoms with E-state index in [0.29, 0.717) is 12.8 Å². The van der Waals surface area contributed by atoms with Crippen molar-refractivity contribution in [2.24, 2.45) is 0 Å². The van der Waals surface area contributed by atoms with Gasteiger partial charge in [0.1, 0.15) is 13.2 Å². The second-order valence-electron chi connectivity index (χ2n) is 15.6. The molecule has 0 bridgehead atoms. The van der Waals surface area contributed by atoms with Crippen LogP contribution in [0.4, 0.5) is 0 Å². The Morgan fingerprint density at radius 2 is 0.677 bits per heavy atom. The van der Waals surface area contributed by atoms with Crippen molar-refractivity contribution >= 4 is 17.9 Å². The molecule has 0 aromatic carbocycles. The minimum Gasteiger partial charge on any atom is -0.462 e. The summed E-state index contributed by atoms with van der Waals surface area (Å²) in [6.07, 6.45) is 67.7. The van der Waals surface area contributed by atoms with Crippen molar-refractivity contribution < 1.29 is 28.6 Å². The van der Waals surface area contributed by atoms with Gasteiger partial charge in [-0.05, 0) is 109 Å². The van der Waals surface area contributed by atoms with Gasteiger partial charge in [-0.3, -0.25) is 14.4 Å². The van der Waals surface area contributed by atoms with Gasteiger partial charge in [0.25, 0.3) is 0 Å². The lowest BCUT2D eigenvalue weighted by Crippen LogP contribution is -2.30. The maximum Gasteiger partial charge on any atom is 0.306 e. The molecule has 0 spiro atoms. The van der Waals surface area contributed by atoms with Crippen LogP contribution in [0.3, 0.4) is 0 Å². The molecular weight excluding hydrogens is 769 g/mol. The lowest BCUT2D eigenvalue weighted by Gasteiger charge is -2.18. The van der Waals surface area contributed by atoms with Crippen LogP contribution in [0.5, 0.6) is 0 Å². The van der Waals surface area contributed by atoms with E-state index in [1.807, 2.05) is 6.08 Å². The largest absolute Gasteiger partial charge is 0.462 e. The first kappa shape index (κ1) is 57.8. The number of allylic oxidation sites excluding steroid dienone is 20. The molecule has 0 saturated carbocycles. The topological polar surface area (TPSA) is 78.9 Å². The second-order valence-corrected chi connectivity index (χ2v) is 15.6. The highest BCUT2D eigenvalue weighted by Crippen LogP contribution is 2.11. The van der Waals surface area contributed by atoms with E-state index in [-0.39, 0.29) is 50.4 Å². The summed E-state index contributed by atoms with van der Waals surface area (Å²) >= 11 is 0. The van der Waals surface area contributed by atoms with Crippen LogP contribution < -0.4 is 0 Å². The first-order valence-electron chi connectivity index (χ1n) is 24.5. The Labute approximate surface area is 380 Å². The van der Waals surface area contributed by atoms with Crippen LogP contribution in [0, 0.1) is 0 Å². The van der Waals surface area contributed by atoms with Gasteiger partial charge in [-0.1, -0.05) is 187 Å². The molecule has 348 valence electrons. The number of esters is 3. The smallest absolute Gasteiger partial charge is 0.306 e. The maximum absolute atomic E-state index is 12.8. The van der Waals surface area contributed by atoms with Crippen LogP contribution in [0.15, 0.2) is 122 Å². The quantitative estimate of drug-likeness (QED) is 0.0263. The lowest BCUT2D eigenvalue weighted by atomic mass is 10.1. The molecule has 0 rings (SSSR count). The molecule has 0 aromatic rings. The molecule has 0 N–H and O–H groups in total. The minimum absolute atomic E-state index is 0.137. The van der Waals surface area contributed by atoms with Crippen LogP contribution >= 0.6 is 0 Å². The molecule has 0 aliphatic rings. The Hall–Kier alpha value is -4.19. The van der Waals surface area contributed by atoms with E-state index in [9.17, 15) is 14.4 Å². The molecule has 0 aliphatic heterocycles. The van der Waals surface area contributed by atoms with E-state index in [1.54, 1.807) is 0 Å². The lowest BCUT2D eigenvalue weighted by molar-refractivity contribution is -0.166. The highest BCUT2D eigenvalue weighted by molar-refractivity contribution is 5.71. The molecule has 0 saturated heterocycles. The molecule has 0 amide bonds. The zero-order chi connectivity index (χ0) is 45.1. The minimum atomic E-state index is -0.837. The van der Waals surface area contributed by atoms with Gasteiger partial charge in [-0.25, -0.2) is 0 Å². The molecular formula is C56H88O6. The number of unbranched alkanes of at least 4 members (excludes halogenated alkanes) is 11. The average molecular weight is 857 g/mol. The highest BCUT2D eigenvalue weighted by atomic mass is 16.6. The summed E-state index contributed by atoms with van der Waals surface area (Å²) in [5.74, 6) is -1.09. The van der Waals surface area contributed by atoms with Crippen molar-refractivity contribution in [3.8, 4) is 0 Å². The predicted octanol–water partition coefficient (Wildman–Crippen LogP) is 16.1. The maximum atomic E-state index is 12.8. The van der Waals surface area contributed by atoms with E-state index in [4.69, 9.17) is 14.2 Å². The van der Waals surface area contributed by atoms with Crippen molar-refractivity contribution in [2.45, 2.75) is 200 Å². The summed E-state index contributed by atoms with van der Waals surface area (Å²) in [4.78, 5) is 37.8. The van der Waals surface area contributed by atoms with Crippen LogP contribution in [0.2, 0.25) is 0 Å². The van der Waals surface area contributed by atoms with Gasteiger partial charge >= 0.3 is 17.9 Å². The number of carbonyl (C=O) groups excluding carboxylic acids is 3. The van der Waals surface area contributed by atoms with Crippen molar-refractivity contribution in [2.75, 3.05) is 13.2 Å². The molecule has 6 nitrogen and oxygen atoms in total. The summed E-state index contributed by atoms with van der Waals surface area (Å²) in [5, 5.41) is 0.